The fraction of sp³-hybridized carbons (Fsp3) is 0.524. The van der Waals surface area contributed by atoms with Crippen molar-refractivity contribution in [3.63, 3.8) is 0 Å². The van der Waals surface area contributed by atoms with E-state index < -0.39 is 24.0 Å². The number of carbonyl (C=O) groups is 4. The summed E-state index contributed by atoms with van der Waals surface area (Å²) in [5.41, 5.74) is 0.790. The van der Waals surface area contributed by atoms with Crippen LogP contribution < -0.4 is 10.1 Å². The molecule has 0 saturated carbocycles. The van der Waals surface area contributed by atoms with Crippen LogP contribution in [0.5, 0.6) is 5.75 Å². The summed E-state index contributed by atoms with van der Waals surface area (Å²) >= 11 is 0. The number of methoxy groups -OCH3 is 3. The number of ether oxygens (including phenoxy) is 3. The molecule has 0 radical (unpaired) electrons. The van der Waals surface area contributed by atoms with Crippen LogP contribution in [0.1, 0.15) is 12.5 Å². The van der Waals surface area contributed by atoms with Crippen LogP contribution in [-0.2, 0) is 35.1 Å². The summed E-state index contributed by atoms with van der Waals surface area (Å²) in [6.07, 6.45) is 0.192. The molecular weight excluding hydrogens is 406 g/mol. The number of esters is 1. The quantitative estimate of drug-likeness (QED) is 0.553. The SMILES string of the molecule is COCC(=O)N1CCN(C(C)=O)C[C@@H]1C(=O)N[C@@H](Cc1ccc(OC)cc1)C(=O)OC. The Morgan fingerprint density at radius 3 is 2.32 bits per heavy atom. The van der Waals surface area contributed by atoms with E-state index in [1.54, 1.807) is 31.4 Å². The van der Waals surface area contributed by atoms with Crippen LogP contribution in [0.15, 0.2) is 24.3 Å². The van der Waals surface area contributed by atoms with Gasteiger partial charge < -0.3 is 29.3 Å². The highest BCUT2D eigenvalue weighted by atomic mass is 16.5. The summed E-state index contributed by atoms with van der Waals surface area (Å²) in [6.45, 7) is 1.77. The molecular formula is C21H29N3O7. The lowest BCUT2D eigenvalue weighted by atomic mass is 10.0. The Morgan fingerprint density at radius 2 is 1.77 bits per heavy atom. The molecule has 31 heavy (non-hydrogen) atoms. The van der Waals surface area contributed by atoms with Gasteiger partial charge in [0.05, 0.1) is 20.8 Å². The van der Waals surface area contributed by atoms with Crippen LogP contribution in [0.25, 0.3) is 0 Å². The van der Waals surface area contributed by atoms with Crippen molar-refractivity contribution in [1.82, 2.24) is 15.1 Å². The van der Waals surface area contributed by atoms with Crippen LogP contribution in [0.3, 0.4) is 0 Å². The fourth-order valence-electron chi connectivity index (χ4n) is 3.40. The lowest BCUT2D eigenvalue weighted by molar-refractivity contribution is -0.152. The van der Waals surface area contributed by atoms with E-state index in [0.717, 1.165) is 5.56 Å². The number of benzene rings is 1. The van der Waals surface area contributed by atoms with Gasteiger partial charge in [-0.15, -0.1) is 0 Å². The van der Waals surface area contributed by atoms with Crippen molar-refractivity contribution in [3.8, 4) is 5.75 Å². The molecule has 10 heteroatoms. The summed E-state index contributed by atoms with van der Waals surface area (Å²) in [5.74, 6) is -1.05. The molecule has 10 nitrogen and oxygen atoms in total. The van der Waals surface area contributed by atoms with Gasteiger partial charge in [0.1, 0.15) is 24.4 Å². The molecule has 1 heterocycles. The molecule has 1 aliphatic heterocycles. The maximum absolute atomic E-state index is 13.1. The lowest BCUT2D eigenvalue weighted by Crippen LogP contribution is -2.63. The van der Waals surface area contributed by atoms with Gasteiger partial charge in [0.25, 0.3) is 0 Å². The average Bonchev–Trinajstić information content (AvgIpc) is 2.78. The zero-order valence-corrected chi connectivity index (χ0v) is 18.3. The molecule has 1 aliphatic rings. The maximum Gasteiger partial charge on any atom is 0.328 e. The van der Waals surface area contributed by atoms with E-state index in [0.29, 0.717) is 12.3 Å². The largest absolute Gasteiger partial charge is 0.497 e. The number of nitrogens with zero attached hydrogens (tertiary/aromatic N) is 2. The number of hydrogen-bond donors (Lipinski definition) is 1. The number of nitrogens with one attached hydrogen (secondary N) is 1. The van der Waals surface area contributed by atoms with Gasteiger partial charge in [-0.05, 0) is 17.7 Å². The van der Waals surface area contributed by atoms with Crippen molar-refractivity contribution in [3.05, 3.63) is 29.8 Å². The van der Waals surface area contributed by atoms with Crippen LogP contribution >= 0.6 is 0 Å². The minimum Gasteiger partial charge on any atom is -0.497 e. The number of carbonyl (C=O) groups excluding carboxylic acids is 4. The van der Waals surface area contributed by atoms with E-state index in [-0.39, 0.29) is 37.9 Å². The van der Waals surface area contributed by atoms with Crippen molar-refractivity contribution in [2.24, 2.45) is 0 Å². The van der Waals surface area contributed by atoms with Gasteiger partial charge >= 0.3 is 5.97 Å². The van der Waals surface area contributed by atoms with E-state index >= 15 is 0 Å². The number of rotatable bonds is 8. The van der Waals surface area contributed by atoms with Gasteiger partial charge in [-0.25, -0.2) is 4.79 Å². The second kappa shape index (κ2) is 11.3. The highest BCUT2D eigenvalue weighted by Gasteiger charge is 2.37. The molecule has 0 unspecified atom stereocenters. The van der Waals surface area contributed by atoms with Gasteiger partial charge in [-0.1, -0.05) is 12.1 Å². The van der Waals surface area contributed by atoms with Crippen molar-refractivity contribution in [2.45, 2.75) is 25.4 Å². The predicted molar refractivity (Wildman–Crippen MR) is 110 cm³/mol. The minimum absolute atomic E-state index is 0.0348. The third kappa shape index (κ3) is 6.42. The standard InChI is InChI=1S/C21H29N3O7/c1-14(25)23-9-10-24(19(26)13-29-2)18(12-23)20(27)22-17(21(28)31-4)11-15-5-7-16(30-3)8-6-15/h5-8,17-18H,9-13H2,1-4H3,(H,22,27)/t17-,18+/m0/s1. The average molecular weight is 435 g/mol. The van der Waals surface area contributed by atoms with Crippen LogP contribution in [0.4, 0.5) is 0 Å². The van der Waals surface area contributed by atoms with E-state index in [1.165, 1.54) is 30.9 Å². The highest BCUT2D eigenvalue weighted by Crippen LogP contribution is 2.15. The summed E-state index contributed by atoms with van der Waals surface area (Å²) in [7, 11) is 4.18. The Balaban J connectivity index is 2.19. The van der Waals surface area contributed by atoms with Crippen molar-refractivity contribution < 1.29 is 33.4 Å². The summed E-state index contributed by atoms with van der Waals surface area (Å²) in [5, 5.41) is 2.68. The molecule has 1 N–H and O–H groups in total. The molecule has 0 aliphatic carbocycles. The first kappa shape index (κ1) is 24.1. The summed E-state index contributed by atoms with van der Waals surface area (Å²) in [6, 6.07) is 5.17. The lowest BCUT2D eigenvalue weighted by Gasteiger charge is -2.40. The maximum atomic E-state index is 13.1. The van der Waals surface area contributed by atoms with Crippen LogP contribution in [0, 0.1) is 0 Å². The molecule has 0 spiro atoms. The number of amides is 3. The highest BCUT2D eigenvalue weighted by molar-refractivity contribution is 5.92. The van der Waals surface area contributed by atoms with Gasteiger partial charge in [0.15, 0.2) is 0 Å². The zero-order valence-electron chi connectivity index (χ0n) is 18.3. The molecule has 1 fully saturated rings. The summed E-state index contributed by atoms with van der Waals surface area (Å²) < 4.78 is 14.9. The van der Waals surface area contributed by atoms with Crippen LogP contribution in [-0.4, -0.2) is 93.1 Å². The molecule has 2 atom stereocenters. The number of piperazine rings is 1. The van der Waals surface area contributed by atoms with Gasteiger partial charge in [-0.2, -0.15) is 0 Å². The Labute approximate surface area is 181 Å². The van der Waals surface area contributed by atoms with Crippen LogP contribution in [0.2, 0.25) is 0 Å². The molecule has 3 amide bonds. The first-order valence-corrected chi connectivity index (χ1v) is 9.85. The molecule has 2 rings (SSSR count). The first-order chi connectivity index (χ1) is 14.8. The first-order valence-electron chi connectivity index (χ1n) is 9.85. The van der Waals surface area contributed by atoms with E-state index in [4.69, 9.17) is 14.2 Å². The summed E-state index contributed by atoms with van der Waals surface area (Å²) in [4.78, 5) is 52.5. The monoisotopic (exact) mass is 435 g/mol. The molecule has 1 aromatic carbocycles. The smallest absolute Gasteiger partial charge is 0.328 e. The van der Waals surface area contributed by atoms with E-state index in [2.05, 4.69) is 5.32 Å². The van der Waals surface area contributed by atoms with E-state index in [1.807, 2.05) is 0 Å². The second-order valence-electron chi connectivity index (χ2n) is 7.14. The second-order valence-corrected chi connectivity index (χ2v) is 7.14. The topological polar surface area (TPSA) is 114 Å². The molecule has 0 aromatic heterocycles. The molecule has 1 aromatic rings. The Hall–Kier alpha value is -3.14. The van der Waals surface area contributed by atoms with Gasteiger partial charge in [0.2, 0.25) is 17.7 Å². The van der Waals surface area contributed by atoms with Gasteiger partial charge in [0, 0.05) is 33.5 Å². The predicted octanol–water partition coefficient (Wildman–Crippen LogP) is -0.399. The van der Waals surface area contributed by atoms with E-state index in [9.17, 15) is 19.2 Å². The van der Waals surface area contributed by atoms with Crippen molar-refractivity contribution >= 4 is 23.7 Å². The van der Waals surface area contributed by atoms with Crippen molar-refractivity contribution in [1.29, 1.82) is 0 Å². The third-order valence-electron chi connectivity index (χ3n) is 5.12. The molecule has 0 bridgehead atoms. The Kier molecular flexibility index (Phi) is 8.80. The Morgan fingerprint density at radius 1 is 1.10 bits per heavy atom. The number of hydrogen-bond acceptors (Lipinski definition) is 7. The fourth-order valence-corrected chi connectivity index (χ4v) is 3.40. The van der Waals surface area contributed by atoms with Gasteiger partial charge in [-0.3, -0.25) is 14.4 Å². The Bertz CT molecular complexity index is 797. The normalized spacial score (nSPS) is 17.0. The molecule has 1 saturated heterocycles. The van der Waals surface area contributed by atoms with Crippen molar-refractivity contribution in [2.75, 3.05) is 47.6 Å². The third-order valence-corrected chi connectivity index (χ3v) is 5.12. The minimum atomic E-state index is -0.960. The molecule has 170 valence electrons. The zero-order chi connectivity index (χ0) is 23.0.